The van der Waals surface area contributed by atoms with Crippen molar-refractivity contribution in [2.45, 2.75) is 63.6 Å². The van der Waals surface area contributed by atoms with Crippen molar-refractivity contribution in [2.24, 2.45) is 11.3 Å². The van der Waals surface area contributed by atoms with Gasteiger partial charge in [0.15, 0.2) is 5.41 Å². The van der Waals surface area contributed by atoms with Crippen molar-refractivity contribution < 1.29 is 9.53 Å². The Morgan fingerprint density at radius 1 is 1.08 bits per heavy atom. The first kappa shape index (κ1) is 27.0. The molecular formula is C33H35N3O2. The molecule has 5 heteroatoms. The van der Waals surface area contributed by atoms with E-state index in [9.17, 15) is 15.3 Å². The smallest absolute Gasteiger partial charge is 0.411 e. The fourth-order valence-electron chi connectivity index (χ4n) is 5.82. The zero-order valence-electron chi connectivity index (χ0n) is 22.4. The molecule has 0 aromatic heterocycles. The van der Waals surface area contributed by atoms with Gasteiger partial charge in [-0.05, 0) is 50.3 Å². The van der Waals surface area contributed by atoms with E-state index in [-0.39, 0.29) is 36.4 Å². The molecular weight excluding hydrogens is 470 g/mol. The SMILES string of the molecule is C=CCC(C#N)(C#N)C1=C[C@H]2CC[C@@H](C1C(/C=C/c1ccccc1)c1ccccc1)N2C(=O)OC(C)(C)C. The molecule has 2 aliphatic rings. The van der Waals surface area contributed by atoms with Gasteiger partial charge >= 0.3 is 6.09 Å². The second-order valence-corrected chi connectivity index (χ2v) is 11.1. The Bertz CT molecular complexity index is 1280. The van der Waals surface area contributed by atoms with E-state index in [0.29, 0.717) is 0 Å². The molecule has 1 amide bonds. The number of benzene rings is 2. The zero-order valence-corrected chi connectivity index (χ0v) is 22.4. The van der Waals surface area contributed by atoms with E-state index < -0.39 is 11.0 Å². The van der Waals surface area contributed by atoms with Gasteiger partial charge in [-0.2, -0.15) is 10.5 Å². The topological polar surface area (TPSA) is 77.1 Å². The lowest BCUT2D eigenvalue weighted by atomic mass is 9.65. The average Bonchev–Trinajstić information content (AvgIpc) is 3.23. The van der Waals surface area contributed by atoms with Crippen LogP contribution in [0.5, 0.6) is 0 Å². The third kappa shape index (κ3) is 5.43. The molecule has 2 aromatic rings. The van der Waals surface area contributed by atoms with Crippen LogP contribution in [-0.4, -0.2) is 28.7 Å². The maximum absolute atomic E-state index is 13.5. The van der Waals surface area contributed by atoms with Crippen molar-refractivity contribution in [3.8, 4) is 12.1 Å². The van der Waals surface area contributed by atoms with Crippen molar-refractivity contribution >= 4 is 12.2 Å². The largest absolute Gasteiger partial charge is 0.444 e. The Hall–Kier alpha value is -4.09. The Morgan fingerprint density at radius 3 is 2.29 bits per heavy atom. The van der Waals surface area contributed by atoms with Crippen molar-refractivity contribution in [3.63, 3.8) is 0 Å². The Morgan fingerprint density at radius 2 is 1.71 bits per heavy atom. The van der Waals surface area contributed by atoms with Gasteiger partial charge in [-0.15, -0.1) is 6.58 Å². The monoisotopic (exact) mass is 505 g/mol. The second kappa shape index (κ2) is 11.1. The lowest BCUT2D eigenvalue weighted by Crippen LogP contribution is -2.52. The number of carbonyl (C=O) groups excluding carboxylic acids is 1. The van der Waals surface area contributed by atoms with Crippen LogP contribution in [0.1, 0.15) is 57.1 Å². The first-order valence-corrected chi connectivity index (χ1v) is 13.2. The predicted molar refractivity (Wildman–Crippen MR) is 150 cm³/mol. The van der Waals surface area contributed by atoms with Crippen molar-refractivity contribution in [3.05, 3.63) is 102 Å². The minimum Gasteiger partial charge on any atom is -0.444 e. The molecule has 2 aromatic carbocycles. The number of hydrogen-bond donors (Lipinski definition) is 0. The molecule has 2 unspecified atom stereocenters. The molecule has 0 saturated carbocycles. The lowest BCUT2D eigenvalue weighted by Gasteiger charge is -2.45. The third-order valence-electron chi connectivity index (χ3n) is 7.41. The number of nitrogens with zero attached hydrogens (tertiary/aromatic N) is 3. The van der Waals surface area contributed by atoms with E-state index in [4.69, 9.17) is 4.74 Å². The molecule has 0 N–H and O–H groups in total. The summed E-state index contributed by atoms with van der Waals surface area (Å²) in [5, 5.41) is 20.7. The van der Waals surface area contributed by atoms with Crippen LogP contribution in [0.25, 0.3) is 6.08 Å². The molecule has 1 saturated heterocycles. The molecule has 38 heavy (non-hydrogen) atoms. The molecule has 2 heterocycles. The highest BCUT2D eigenvalue weighted by Gasteiger charge is 2.53. The number of nitriles is 2. The van der Waals surface area contributed by atoms with Crippen LogP contribution in [-0.2, 0) is 4.74 Å². The normalized spacial score (nSPS) is 21.8. The van der Waals surface area contributed by atoms with Crippen LogP contribution in [0.2, 0.25) is 0 Å². The fourth-order valence-corrected chi connectivity index (χ4v) is 5.82. The molecule has 4 rings (SSSR count). The third-order valence-corrected chi connectivity index (χ3v) is 7.41. The van der Waals surface area contributed by atoms with Gasteiger partial charge in [-0.3, -0.25) is 4.90 Å². The molecule has 0 radical (unpaired) electrons. The highest BCUT2D eigenvalue weighted by Crippen LogP contribution is 2.52. The summed E-state index contributed by atoms with van der Waals surface area (Å²) in [5.41, 5.74) is 0.908. The summed E-state index contributed by atoms with van der Waals surface area (Å²) in [4.78, 5) is 15.3. The van der Waals surface area contributed by atoms with E-state index in [1.54, 1.807) is 6.08 Å². The molecule has 2 aliphatic heterocycles. The van der Waals surface area contributed by atoms with Crippen molar-refractivity contribution in [2.75, 3.05) is 0 Å². The molecule has 5 nitrogen and oxygen atoms in total. The molecule has 0 spiro atoms. The summed E-state index contributed by atoms with van der Waals surface area (Å²) in [6.45, 7) is 9.45. The van der Waals surface area contributed by atoms with Crippen LogP contribution in [0.4, 0.5) is 4.79 Å². The summed E-state index contributed by atoms with van der Waals surface area (Å²) in [6.07, 6.45) is 9.27. The molecule has 4 atom stereocenters. The zero-order chi connectivity index (χ0) is 27.3. The average molecular weight is 506 g/mol. The lowest BCUT2D eigenvalue weighted by molar-refractivity contribution is 0.0104. The number of ether oxygens (including phenoxy) is 1. The molecule has 2 bridgehead atoms. The summed E-state index contributed by atoms with van der Waals surface area (Å²) in [7, 11) is 0. The Balaban J connectivity index is 1.90. The van der Waals surface area contributed by atoms with E-state index in [0.717, 1.165) is 29.5 Å². The van der Waals surface area contributed by atoms with Gasteiger partial charge < -0.3 is 4.74 Å². The molecule has 0 aliphatic carbocycles. The van der Waals surface area contributed by atoms with E-state index >= 15 is 0 Å². The second-order valence-electron chi connectivity index (χ2n) is 11.1. The van der Waals surface area contributed by atoms with E-state index in [2.05, 4.69) is 43.0 Å². The highest BCUT2D eigenvalue weighted by molar-refractivity contribution is 5.71. The summed E-state index contributed by atoms with van der Waals surface area (Å²) >= 11 is 0. The van der Waals surface area contributed by atoms with Crippen LogP contribution < -0.4 is 0 Å². The molecule has 194 valence electrons. The predicted octanol–water partition coefficient (Wildman–Crippen LogP) is 7.42. The number of amides is 1. The van der Waals surface area contributed by atoms with Crippen LogP contribution in [0.15, 0.2) is 91.0 Å². The van der Waals surface area contributed by atoms with E-state index in [1.807, 2.05) is 80.3 Å². The van der Waals surface area contributed by atoms with Crippen LogP contribution in [0, 0.1) is 34.0 Å². The summed E-state index contributed by atoms with van der Waals surface area (Å²) < 4.78 is 5.84. The Kier molecular flexibility index (Phi) is 7.88. The number of carbonyl (C=O) groups is 1. The van der Waals surface area contributed by atoms with Gasteiger partial charge in [0.2, 0.25) is 0 Å². The van der Waals surface area contributed by atoms with Crippen LogP contribution in [0.3, 0.4) is 0 Å². The highest BCUT2D eigenvalue weighted by atomic mass is 16.6. The minimum absolute atomic E-state index is 0.178. The first-order chi connectivity index (χ1) is 18.2. The van der Waals surface area contributed by atoms with Gasteiger partial charge in [-0.25, -0.2) is 4.79 Å². The molecule has 1 fully saturated rings. The quantitative estimate of drug-likeness (QED) is 0.367. The number of allylic oxidation sites excluding steroid dienone is 2. The minimum atomic E-state index is -1.36. The van der Waals surface area contributed by atoms with Gasteiger partial charge in [0, 0.05) is 24.3 Å². The fraction of sp³-hybridized carbons (Fsp3) is 0.364. The van der Waals surface area contributed by atoms with E-state index in [1.165, 1.54) is 0 Å². The first-order valence-electron chi connectivity index (χ1n) is 13.2. The summed E-state index contributed by atoms with van der Waals surface area (Å²) in [6, 6.07) is 24.4. The maximum atomic E-state index is 13.5. The van der Waals surface area contributed by atoms with Crippen LogP contribution >= 0.6 is 0 Å². The van der Waals surface area contributed by atoms with Crippen molar-refractivity contribution in [1.29, 1.82) is 10.5 Å². The standard InChI is InChI=1S/C33H35N3O2/c1-5-20-33(22-34,23-35)28-21-26-17-19-29(36(26)31(37)38-32(2,3)4)30(28)27(25-14-10-7-11-15-25)18-16-24-12-8-6-9-13-24/h5-16,18,21,26-27,29-30H,1,17,19-20H2,2-4H3/b18-16+/t26-,27?,29+,30?/m1/s1. The van der Waals surface area contributed by atoms with Gasteiger partial charge in [0.05, 0.1) is 18.2 Å². The maximum Gasteiger partial charge on any atom is 0.411 e. The number of hydrogen-bond acceptors (Lipinski definition) is 4. The van der Waals surface area contributed by atoms with Gasteiger partial charge in [0.1, 0.15) is 5.60 Å². The Labute approximate surface area is 226 Å². The number of fused-ring (bicyclic) bond motifs is 2. The van der Waals surface area contributed by atoms with Gasteiger partial charge in [-0.1, -0.05) is 85.0 Å². The van der Waals surface area contributed by atoms with Crippen molar-refractivity contribution in [1.82, 2.24) is 4.90 Å². The number of rotatable bonds is 7. The van der Waals surface area contributed by atoms with Gasteiger partial charge in [0.25, 0.3) is 0 Å². The summed E-state index contributed by atoms with van der Waals surface area (Å²) in [5.74, 6) is -0.467.